The summed E-state index contributed by atoms with van der Waals surface area (Å²) in [6, 6.07) is 8.95. The molecule has 0 aliphatic rings. The first-order valence-corrected chi connectivity index (χ1v) is 7.17. The predicted octanol–water partition coefficient (Wildman–Crippen LogP) is 2.29. The van der Waals surface area contributed by atoms with Crippen LogP contribution in [0.15, 0.2) is 30.3 Å². The van der Waals surface area contributed by atoms with Gasteiger partial charge in [0.15, 0.2) is 0 Å². The molecule has 1 atom stereocenters. The number of benzene rings is 1. The summed E-state index contributed by atoms with van der Waals surface area (Å²) in [5.74, 6) is 0.218. The summed E-state index contributed by atoms with van der Waals surface area (Å²) in [4.78, 5) is 0. The second-order valence-electron chi connectivity index (χ2n) is 3.83. The van der Waals surface area contributed by atoms with Gasteiger partial charge in [0.05, 0.1) is 11.3 Å². The predicted molar refractivity (Wildman–Crippen MR) is 67.1 cm³/mol. The Kier molecular flexibility index (Phi) is 4.77. The Labute approximate surface area is 102 Å². The topological polar surface area (TPSA) is 46.2 Å². The lowest BCUT2D eigenvalue weighted by atomic mass is 10.1. The van der Waals surface area contributed by atoms with Gasteiger partial charge in [0, 0.05) is 5.88 Å². The van der Waals surface area contributed by atoms with Crippen molar-refractivity contribution in [2.75, 3.05) is 5.88 Å². The highest BCUT2D eigenvalue weighted by Crippen LogP contribution is 2.16. The van der Waals surface area contributed by atoms with E-state index >= 15 is 0 Å². The van der Waals surface area contributed by atoms with Crippen molar-refractivity contribution >= 4 is 21.6 Å². The van der Waals surface area contributed by atoms with Crippen LogP contribution in [0.1, 0.15) is 25.5 Å². The maximum Gasteiger partial charge on any atom is 0.214 e. The highest BCUT2D eigenvalue weighted by molar-refractivity contribution is 7.90. The number of alkyl halides is 1. The zero-order valence-corrected chi connectivity index (χ0v) is 10.9. The minimum Gasteiger partial charge on any atom is -0.212 e. The van der Waals surface area contributed by atoms with E-state index in [1.54, 1.807) is 13.8 Å². The third-order valence-corrected chi connectivity index (χ3v) is 4.45. The SMILES string of the molecule is CC(C)S(=O)(=O)NC(CCl)c1ccccc1. The number of halogens is 1. The van der Waals surface area contributed by atoms with Crippen LogP contribution in [0.3, 0.4) is 0 Å². The molecule has 5 heteroatoms. The van der Waals surface area contributed by atoms with Crippen LogP contribution in [-0.4, -0.2) is 19.5 Å². The molecule has 0 radical (unpaired) electrons. The van der Waals surface area contributed by atoms with E-state index in [1.807, 2.05) is 30.3 Å². The van der Waals surface area contributed by atoms with Gasteiger partial charge in [-0.25, -0.2) is 13.1 Å². The average molecular weight is 262 g/mol. The summed E-state index contributed by atoms with van der Waals surface area (Å²) in [5.41, 5.74) is 0.877. The van der Waals surface area contributed by atoms with Gasteiger partial charge in [-0.15, -0.1) is 11.6 Å². The Morgan fingerprint density at radius 1 is 1.25 bits per heavy atom. The molecule has 0 spiro atoms. The van der Waals surface area contributed by atoms with Crippen LogP contribution >= 0.6 is 11.6 Å². The van der Waals surface area contributed by atoms with Gasteiger partial charge in [-0.3, -0.25) is 0 Å². The highest BCUT2D eigenvalue weighted by atomic mass is 35.5. The van der Waals surface area contributed by atoms with Crippen molar-refractivity contribution in [1.82, 2.24) is 4.72 Å². The van der Waals surface area contributed by atoms with E-state index in [-0.39, 0.29) is 11.9 Å². The van der Waals surface area contributed by atoms with Gasteiger partial charge in [0.2, 0.25) is 10.0 Å². The van der Waals surface area contributed by atoms with Gasteiger partial charge < -0.3 is 0 Å². The first-order chi connectivity index (χ1) is 7.47. The molecule has 0 amide bonds. The molecule has 0 saturated carbocycles. The lowest BCUT2D eigenvalue weighted by molar-refractivity contribution is 0.559. The second kappa shape index (κ2) is 5.66. The molecule has 0 aliphatic heterocycles. The molecule has 1 rings (SSSR count). The van der Waals surface area contributed by atoms with Gasteiger partial charge in [-0.05, 0) is 19.4 Å². The summed E-state index contributed by atoms with van der Waals surface area (Å²) in [6.07, 6.45) is 0. The van der Waals surface area contributed by atoms with Crippen LogP contribution in [0.5, 0.6) is 0 Å². The first kappa shape index (κ1) is 13.5. The molecule has 1 N–H and O–H groups in total. The van der Waals surface area contributed by atoms with Gasteiger partial charge in [-0.1, -0.05) is 30.3 Å². The number of sulfonamides is 1. The molecule has 1 aromatic carbocycles. The second-order valence-corrected chi connectivity index (χ2v) is 6.41. The Hall–Kier alpha value is -0.580. The molecule has 0 heterocycles. The standard InChI is InChI=1S/C11H16ClNO2S/c1-9(2)16(14,15)13-11(8-12)10-6-4-3-5-7-10/h3-7,9,11,13H,8H2,1-2H3. The molecule has 0 saturated heterocycles. The molecular weight excluding hydrogens is 246 g/mol. The minimum absolute atomic E-state index is 0.218. The number of rotatable bonds is 5. The Bertz CT molecular complexity index is 417. The van der Waals surface area contributed by atoms with Crippen molar-refractivity contribution in [3.63, 3.8) is 0 Å². The zero-order valence-electron chi connectivity index (χ0n) is 9.35. The molecule has 1 aromatic rings. The number of nitrogens with one attached hydrogen (secondary N) is 1. The summed E-state index contributed by atoms with van der Waals surface area (Å²) in [7, 11) is -3.29. The van der Waals surface area contributed by atoms with Crippen molar-refractivity contribution in [3.8, 4) is 0 Å². The lowest BCUT2D eigenvalue weighted by Crippen LogP contribution is -2.34. The third-order valence-electron chi connectivity index (χ3n) is 2.28. The smallest absolute Gasteiger partial charge is 0.212 e. The van der Waals surface area contributed by atoms with Crippen molar-refractivity contribution < 1.29 is 8.42 Å². The fraction of sp³-hybridized carbons (Fsp3) is 0.455. The third kappa shape index (κ3) is 3.47. The summed E-state index contributed by atoms with van der Waals surface area (Å²) < 4.78 is 26.0. The molecule has 0 fully saturated rings. The molecule has 90 valence electrons. The van der Waals surface area contributed by atoms with Crippen molar-refractivity contribution in [2.45, 2.75) is 25.1 Å². The molecule has 3 nitrogen and oxygen atoms in total. The van der Waals surface area contributed by atoms with Crippen LogP contribution in [-0.2, 0) is 10.0 Å². The van der Waals surface area contributed by atoms with Gasteiger partial charge in [0.1, 0.15) is 0 Å². The highest BCUT2D eigenvalue weighted by Gasteiger charge is 2.21. The molecule has 16 heavy (non-hydrogen) atoms. The Morgan fingerprint density at radius 2 is 1.81 bits per heavy atom. The minimum atomic E-state index is -3.29. The maximum atomic E-state index is 11.7. The number of hydrogen-bond donors (Lipinski definition) is 1. The summed E-state index contributed by atoms with van der Waals surface area (Å²) in [6.45, 7) is 3.28. The van der Waals surface area contributed by atoms with Crippen molar-refractivity contribution in [2.24, 2.45) is 0 Å². The van der Waals surface area contributed by atoms with Crippen LogP contribution in [0, 0.1) is 0 Å². The molecule has 0 bridgehead atoms. The quantitative estimate of drug-likeness (QED) is 0.827. The van der Waals surface area contributed by atoms with Gasteiger partial charge in [0.25, 0.3) is 0 Å². The Morgan fingerprint density at radius 3 is 2.25 bits per heavy atom. The van der Waals surface area contributed by atoms with Crippen LogP contribution < -0.4 is 4.72 Å². The molecule has 1 unspecified atom stereocenters. The largest absolute Gasteiger partial charge is 0.214 e. The fourth-order valence-electron chi connectivity index (χ4n) is 1.21. The maximum absolute atomic E-state index is 11.7. The average Bonchev–Trinajstić information content (AvgIpc) is 2.27. The van der Waals surface area contributed by atoms with Gasteiger partial charge in [-0.2, -0.15) is 0 Å². The Balaban J connectivity index is 2.86. The number of hydrogen-bond acceptors (Lipinski definition) is 2. The van der Waals surface area contributed by atoms with Crippen molar-refractivity contribution in [3.05, 3.63) is 35.9 Å². The van der Waals surface area contributed by atoms with E-state index in [9.17, 15) is 8.42 Å². The van der Waals surface area contributed by atoms with E-state index in [0.29, 0.717) is 0 Å². The normalized spacial score (nSPS) is 14.0. The van der Waals surface area contributed by atoms with E-state index in [0.717, 1.165) is 5.56 Å². The van der Waals surface area contributed by atoms with E-state index in [2.05, 4.69) is 4.72 Å². The van der Waals surface area contributed by atoms with Gasteiger partial charge >= 0.3 is 0 Å². The fourth-order valence-corrected chi connectivity index (χ4v) is 2.44. The zero-order chi connectivity index (χ0) is 12.2. The monoisotopic (exact) mass is 261 g/mol. The summed E-state index contributed by atoms with van der Waals surface area (Å²) >= 11 is 5.79. The van der Waals surface area contributed by atoms with E-state index in [1.165, 1.54) is 0 Å². The first-order valence-electron chi connectivity index (χ1n) is 5.09. The van der Waals surface area contributed by atoms with Crippen molar-refractivity contribution in [1.29, 1.82) is 0 Å². The lowest BCUT2D eigenvalue weighted by Gasteiger charge is -2.18. The van der Waals surface area contributed by atoms with Crippen LogP contribution in [0.2, 0.25) is 0 Å². The van der Waals surface area contributed by atoms with E-state index in [4.69, 9.17) is 11.6 Å². The molecule has 0 aromatic heterocycles. The summed E-state index contributed by atoms with van der Waals surface area (Å²) in [5, 5.41) is -0.457. The molecule has 0 aliphatic carbocycles. The molecular formula is C11H16ClNO2S. The van der Waals surface area contributed by atoms with Crippen LogP contribution in [0.25, 0.3) is 0 Å². The van der Waals surface area contributed by atoms with E-state index < -0.39 is 15.3 Å². The van der Waals surface area contributed by atoms with Crippen LogP contribution in [0.4, 0.5) is 0 Å².